The van der Waals surface area contributed by atoms with Crippen LogP contribution >= 0.6 is 0 Å². The van der Waals surface area contributed by atoms with Crippen molar-refractivity contribution in [3.63, 3.8) is 0 Å². The van der Waals surface area contributed by atoms with Gasteiger partial charge in [0.2, 0.25) is 0 Å². The lowest BCUT2D eigenvalue weighted by Gasteiger charge is -2.09. The van der Waals surface area contributed by atoms with Gasteiger partial charge in [0.1, 0.15) is 0 Å². The van der Waals surface area contributed by atoms with Gasteiger partial charge < -0.3 is 5.73 Å². The number of hydrogen-bond donors (Lipinski definition) is 1. The van der Waals surface area contributed by atoms with Gasteiger partial charge in [0, 0.05) is 31.2 Å². The number of hydrogen-bond acceptors (Lipinski definition) is 4. The second-order valence-corrected chi connectivity index (χ2v) is 3.67. The topological polar surface area (TPSA) is 69.6 Å². The van der Waals surface area contributed by atoms with Crippen molar-refractivity contribution < 1.29 is 0 Å². The largest absolute Gasteiger partial charge is 0.319 e. The van der Waals surface area contributed by atoms with Crippen LogP contribution in [0.15, 0.2) is 24.8 Å². The molecular weight excluding hydrogens is 202 g/mol. The van der Waals surface area contributed by atoms with Crippen molar-refractivity contribution >= 4 is 0 Å². The summed E-state index contributed by atoms with van der Waals surface area (Å²) in [4.78, 5) is 8.24. The molecule has 1 unspecified atom stereocenters. The second-order valence-electron chi connectivity index (χ2n) is 3.67. The third kappa shape index (κ3) is 1.94. The van der Waals surface area contributed by atoms with Crippen LogP contribution < -0.4 is 5.73 Å². The number of nitrogens with zero attached hydrogens (tertiary/aromatic N) is 4. The van der Waals surface area contributed by atoms with Crippen molar-refractivity contribution in [2.24, 2.45) is 12.8 Å². The molecule has 2 aromatic heterocycles. The Kier molecular flexibility index (Phi) is 2.96. The minimum atomic E-state index is -0.252. The van der Waals surface area contributed by atoms with E-state index in [9.17, 15) is 0 Å². The SMILES string of the molecule is CCc1nn(C)cc1C(N)c1cnccn1. The molecule has 2 rings (SSSR count). The lowest BCUT2D eigenvalue weighted by molar-refractivity contribution is 0.746. The van der Waals surface area contributed by atoms with E-state index in [1.54, 1.807) is 23.3 Å². The molecule has 0 bridgehead atoms. The molecule has 0 aliphatic heterocycles. The molecule has 0 spiro atoms. The first-order chi connectivity index (χ1) is 7.72. The summed E-state index contributed by atoms with van der Waals surface area (Å²) >= 11 is 0. The quantitative estimate of drug-likeness (QED) is 0.826. The van der Waals surface area contributed by atoms with Crippen molar-refractivity contribution in [3.8, 4) is 0 Å². The van der Waals surface area contributed by atoms with Gasteiger partial charge in [0.15, 0.2) is 0 Å². The smallest absolute Gasteiger partial charge is 0.0800 e. The molecule has 2 heterocycles. The Morgan fingerprint density at radius 2 is 2.25 bits per heavy atom. The van der Waals surface area contributed by atoms with Crippen LogP contribution in [0.2, 0.25) is 0 Å². The summed E-state index contributed by atoms with van der Waals surface area (Å²) in [5.74, 6) is 0. The van der Waals surface area contributed by atoms with E-state index in [1.807, 2.05) is 13.2 Å². The standard InChI is InChI=1S/C11H15N5/c1-3-9-8(7-16(2)15-9)11(12)10-6-13-4-5-14-10/h4-7,11H,3,12H2,1-2H3. The van der Waals surface area contributed by atoms with Crippen LogP contribution in [-0.4, -0.2) is 19.7 Å². The summed E-state index contributed by atoms with van der Waals surface area (Å²) < 4.78 is 1.78. The predicted octanol–water partition coefficient (Wildman–Crippen LogP) is 0.821. The fraction of sp³-hybridized carbons (Fsp3) is 0.364. The maximum atomic E-state index is 6.15. The van der Waals surface area contributed by atoms with Crippen molar-refractivity contribution in [1.29, 1.82) is 0 Å². The maximum absolute atomic E-state index is 6.15. The Labute approximate surface area is 94.3 Å². The van der Waals surface area contributed by atoms with Gasteiger partial charge in [-0.05, 0) is 6.42 Å². The highest BCUT2D eigenvalue weighted by Crippen LogP contribution is 2.20. The van der Waals surface area contributed by atoms with Crippen molar-refractivity contribution in [2.75, 3.05) is 0 Å². The first kappa shape index (κ1) is 10.8. The lowest BCUT2D eigenvalue weighted by atomic mass is 10.0. The molecular formula is C11H15N5. The summed E-state index contributed by atoms with van der Waals surface area (Å²) in [6, 6.07) is -0.252. The molecule has 16 heavy (non-hydrogen) atoms. The molecule has 84 valence electrons. The highest BCUT2D eigenvalue weighted by atomic mass is 15.3. The van der Waals surface area contributed by atoms with Gasteiger partial charge in [-0.2, -0.15) is 5.10 Å². The molecule has 0 aromatic carbocycles. The van der Waals surface area contributed by atoms with Crippen LogP contribution in [0.4, 0.5) is 0 Å². The molecule has 2 aromatic rings. The summed E-state index contributed by atoms with van der Waals surface area (Å²) in [5, 5.41) is 4.36. The van der Waals surface area contributed by atoms with Crippen LogP contribution in [0.1, 0.15) is 29.9 Å². The molecule has 1 atom stereocenters. The molecule has 5 nitrogen and oxygen atoms in total. The normalized spacial score (nSPS) is 12.7. The molecule has 5 heteroatoms. The first-order valence-corrected chi connectivity index (χ1v) is 5.26. The molecule has 0 fully saturated rings. The number of rotatable bonds is 3. The van der Waals surface area contributed by atoms with Crippen LogP contribution in [0.25, 0.3) is 0 Å². The van der Waals surface area contributed by atoms with E-state index >= 15 is 0 Å². The number of aryl methyl sites for hydroxylation is 2. The zero-order valence-corrected chi connectivity index (χ0v) is 9.46. The third-order valence-electron chi connectivity index (χ3n) is 2.51. The fourth-order valence-corrected chi connectivity index (χ4v) is 1.72. The average Bonchev–Trinajstić information content (AvgIpc) is 2.70. The van der Waals surface area contributed by atoms with E-state index < -0.39 is 0 Å². The fourth-order valence-electron chi connectivity index (χ4n) is 1.72. The van der Waals surface area contributed by atoms with Crippen molar-refractivity contribution in [3.05, 3.63) is 41.7 Å². The zero-order valence-electron chi connectivity index (χ0n) is 9.46. The first-order valence-electron chi connectivity index (χ1n) is 5.26. The lowest BCUT2D eigenvalue weighted by Crippen LogP contribution is -2.14. The monoisotopic (exact) mass is 217 g/mol. The molecule has 0 radical (unpaired) electrons. The Morgan fingerprint density at radius 1 is 1.44 bits per heavy atom. The van der Waals surface area contributed by atoms with Gasteiger partial charge in [0.25, 0.3) is 0 Å². The van der Waals surface area contributed by atoms with E-state index in [0.29, 0.717) is 0 Å². The van der Waals surface area contributed by atoms with Crippen molar-refractivity contribution in [1.82, 2.24) is 19.7 Å². The van der Waals surface area contributed by atoms with Gasteiger partial charge in [-0.3, -0.25) is 14.6 Å². The molecule has 0 aliphatic carbocycles. The number of nitrogens with two attached hydrogens (primary N) is 1. The average molecular weight is 217 g/mol. The van der Waals surface area contributed by atoms with Gasteiger partial charge in [-0.25, -0.2) is 0 Å². The number of aromatic nitrogens is 4. The van der Waals surface area contributed by atoms with Crippen LogP contribution in [0.3, 0.4) is 0 Å². The van der Waals surface area contributed by atoms with E-state index in [4.69, 9.17) is 5.73 Å². The summed E-state index contributed by atoms with van der Waals surface area (Å²) in [5.41, 5.74) is 8.95. The van der Waals surface area contributed by atoms with Crippen LogP contribution in [-0.2, 0) is 13.5 Å². The predicted molar refractivity (Wildman–Crippen MR) is 60.6 cm³/mol. The summed E-state index contributed by atoms with van der Waals surface area (Å²) in [6.45, 7) is 2.06. The van der Waals surface area contributed by atoms with Gasteiger partial charge in [-0.15, -0.1) is 0 Å². The van der Waals surface area contributed by atoms with E-state index in [0.717, 1.165) is 23.4 Å². The summed E-state index contributed by atoms with van der Waals surface area (Å²) in [7, 11) is 1.89. The molecule has 0 amide bonds. The molecule has 2 N–H and O–H groups in total. The Bertz CT molecular complexity index is 462. The van der Waals surface area contributed by atoms with Gasteiger partial charge >= 0.3 is 0 Å². The van der Waals surface area contributed by atoms with E-state index in [1.165, 1.54) is 0 Å². The minimum Gasteiger partial charge on any atom is -0.319 e. The summed E-state index contributed by atoms with van der Waals surface area (Å²) in [6.07, 6.45) is 7.79. The van der Waals surface area contributed by atoms with Gasteiger partial charge in [0.05, 0.1) is 23.6 Å². The molecule has 0 saturated heterocycles. The Balaban J connectivity index is 2.37. The van der Waals surface area contributed by atoms with E-state index in [2.05, 4.69) is 22.0 Å². The van der Waals surface area contributed by atoms with E-state index in [-0.39, 0.29) is 6.04 Å². The Morgan fingerprint density at radius 3 is 2.88 bits per heavy atom. The van der Waals surface area contributed by atoms with Crippen molar-refractivity contribution in [2.45, 2.75) is 19.4 Å². The third-order valence-corrected chi connectivity index (χ3v) is 2.51. The second kappa shape index (κ2) is 4.40. The van der Waals surface area contributed by atoms with Crippen LogP contribution in [0, 0.1) is 0 Å². The highest BCUT2D eigenvalue weighted by molar-refractivity contribution is 5.27. The zero-order chi connectivity index (χ0) is 11.5. The van der Waals surface area contributed by atoms with Crippen LogP contribution in [0.5, 0.6) is 0 Å². The minimum absolute atomic E-state index is 0.252. The molecule has 0 saturated carbocycles. The Hall–Kier alpha value is -1.75. The maximum Gasteiger partial charge on any atom is 0.0800 e. The van der Waals surface area contributed by atoms with Gasteiger partial charge in [-0.1, -0.05) is 6.92 Å². The highest BCUT2D eigenvalue weighted by Gasteiger charge is 2.16. The molecule has 0 aliphatic rings.